The maximum Gasteiger partial charge on any atom is 0.259 e. The highest BCUT2D eigenvalue weighted by Gasteiger charge is 2.13. The number of hydrazone groups is 1. The third kappa shape index (κ3) is 3.81. The van der Waals surface area contributed by atoms with Crippen LogP contribution in [0.3, 0.4) is 0 Å². The smallest absolute Gasteiger partial charge is 0.259 e. The Morgan fingerprint density at radius 2 is 2.00 bits per heavy atom. The van der Waals surface area contributed by atoms with E-state index in [0.717, 1.165) is 11.3 Å². The number of carbonyl (C=O) groups is 1. The van der Waals surface area contributed by atoms with E-state index in [-0.39, 0.29) is 19.2 Å². The number of hydrogen-bond acceptors (Lipinski definition) is 6. The quantitative estimate of drug-likeness (QED) is 0.647. The number of hydrogen-bond donors (Lipinski definition) is 2. The first-order chi connectivity index (χ1) is 11.7. The second-order valence-electron chi connectivity index (χ2n) is 4.95. The van der Waals surface area contributed by atoms with Crippen LogP contribution < -0.4 is 20.2 Å². The van der Waals surface area contributed by atoms with Crippen LogP contribution in [0.1, 0.15) is 11.1 Å². The summed E-state index contributed by atoms with van der Waals surface area (Å²) >= 11 is 0. The number of anilines is 1. The van der Waals surface area contributed by atoms with Crippen molar-refractivity contribution in [3.63, 3.8) is 0 Å². The van der Waals surface area contributed by atoms with Gasteiger partial charge in [-0.2, -0.15) is 10.4 Å². The predicted molar refractivity (Wildman–Crippen MR) is 87.9 cm³/mol. The van der Waals surface area contributed by atoms with Gasteiger partial charge in [0.15, 0.2) is 11.5 Å². The Balaban J connectivity index is 1.47. The lowest BCUT2D eigenvalue weighted by Crippen LogP contribution is -2.25. The summed E-state index contributed by atoms with van der Waals surface area (Å²) in [6, 6.07) is 14.3. The minimum absolute atomic E-state index is 0.0738. The molecule has 0 bridgehead atoms. The average Bonchev–Trinajstić information content (AvgIpc) is 3.08. The van der Waals surface area contributed by atoms with Crippen LogP contribution in [0.4, 0.5) is 5.69 Å². The van der Waals surface area contributed by atoms with Crippen molar-refractivity contribution in [1.29, 1.82) is 5.26 Å². The molecule has 1 aliphatic heterocycles. The molecule has 1 aliphatic rings. The lowest BCUT2D eigenvalue weighted by atomic mass is 10.2. The number of fused-ring (bicyclic) bond motifs is 1. The fourth-order valence-corrected chi connectivity index (χ4v) is 2.05. The molecule has 2 aromatic rings. The van der Waals surface area contributed by atoms with Crippen molar-refractivity contribution in [1.82, 2.24) is 5.43 Å². The summed E-state index contributed by atoms with van der Waals surface area (Å²) in [7, 11) is 0. The van der Waals surface area contributed by atoms with E-state index in [1.54, 1.807) is 42.5 Å². The highest BCUT2D eigenvalue weighted by atomic mass is 16.7. The summed E-state index contributed by atoms with van der Waals surface area (Å²) in [5.74, 6) is 1.06. The van der Waals surface area contributed by atoms with E-state index in [0.29, 0.717) is 17.1 Å². The van der Waals surface area contributed by atoms with E-state index in [1.807, 2.05) is 6.07 Å². The number of nitriles is 1. The number of amides is 1. The zero-order valence-electron chi connectivity index (χ0n) is 12.7. The van der Waals surface area contributed by atoms with E-state index in [2.05, 4.69) is 15.8 Å². The van der Waals surface area contributed by atoms with Crippen LogP contribution in [0, 0.1) is 11.3 Å². The molecule has 7 nitrogen and oxygen atoms in total. The molecular formula is C17H14N4O3. The van der Waals surface area contributed by atoms with Crippen LogP contribution in [0.25, 0.3) is 0 Å². The first-order valence-corrected chi connectivity index (χ1v) is 7.20. The number of ether oxygens (including phenoxy) is 2. The SMILES string of the molecule is N#Cc1ccc(/C=N\NC(=O)CNc2ccc3c(c2)OCO3)cc1. The van der Waals surface area contributed by atoms with E-state index >= 15 is 0 Å². The number of carbonyl (C=O) groups excluding carboxylic acids is 1. The second-order valence-corrected chi connectivity index (χ2v) is 4.95. The molecule has 24 heavy (non-hydrogen) atoms. The fourth-order valence-electron chi connectivity index (χ4n) is 2.05. The van der Waals surface area contributed by atoms with Crippen LogP contribution in [0.5, 0.6) is 11.5 Å². The topological polar surface area (TPSA) is 95.7 Å². The molecule has 1 heterocycles. The Morgan fingerprint density at radius 1 is 1.21 bits per heavy atom. The van der Waals surface area contributed by atoms with Crippen molar-refractivity contribution in [3.05, 3.63) is 53.6 Å². The average molecular weight is 322 g/mol. The van der Waals surface area contributed by atoms with Gasteiger partial charge in [-0.05, 0) is 29.8 Å². The van der Waals surface area contributed by atoms with Crippen molar-refractivity contribution in [2.75, 3.05) is 18.7 Å². The second kappa shape index (κ2) is 7.15. The monoisotopic (exact) mass is 322 g/mol. The maximum absolute atomic E-state index is 11.8. The fraction of sp³-hybridized carbons (Fsp3) is 0.118. The van der Waals surface area contributed by atoms with E-state index in [9.17, 15) is 4.79 Å². The lowest BCUT2D eigenvalue weighted by Gasteiger charge is -2.06. The highest BCUT2D eigenvalue weighted by molar-refractivity contribution is 5.84. The van der Waals surface area contributed by atoms with Gasteiger partial charge < -0.3 is 14.8 Å². The van der Waals surface area contributed by atoms with Gasteiger partial charge in [0.05, 0.1) is 24.4 Å². The maximum atomic E-state index is 11.8. The molecule has 2 aromatic carbocycles. The first kappa shape index (κ1) is 15.4. The van der Waals surface area contributed by atoms with Crippen molar-refractivity contribution < 1.29 is 14.3 Å². The Kier molecular flexibility index (Phi) is 4.58. The number of rotatable bonds is 5. The van der Waals surface area contributed by atoms with Gasteiger partial charge in [-0.3, -0.25) is 4.79 Å². The summed E-state index contributed by atoms with van der Waals surface area (Å²) in [6.45, 7) is 0.285. The Morgan fingerprint density at radius 3 is 2.79 bits per heavy atom. The van der Waals surface area contributed by atoms with Gasteiger partial charge in [-0.25, -0.2) is 5.43 Å². The summed E-state index contributed by atoms with van der Waals surface area (Å²) in [6.07, 6.45) is 1.51. The molecule has 0 saturated heterocycles. The first-order valence-electron chi connectivity index (χ1n) is 7.20. The van der Waals surface area contributed by atoms with E-state index < -0.39 is 0 Å². The molecule has 120 valence electrons. The van der Waals surface area contributed by atoms with E-state index in [4.69, 9.17) is 14.7 Å². The molecule has 0 aliphatic carbocycles. The van der Waals surface area contributed by atoms with Gasteiger partial charge in [-0.1, -0.05) is 12.1 Å². The normalized spacial score (nSPS) is 12.0. The Hall–Kier alpha value is -3.53. The van der Waals surface area contributed by atoms with Gasteiger partial charge >= 0.3 is 0 Å². The van der Waals surface area contributed by atoms with Crippen molar-refractivity contribution in [3.8, 4) is 17.6 Å². The van der Waals surface area contributed by atoms with Gasteiger partial charge in [-0.15, -0.1) is 0 Å². The van der Waals surface area contributed by atoms with Crippen molar-refractivity contribution >= 4 is 17.8 Å². The number of nitrogens with one attached hydrogen (secondary N) is 2. The molecule has 1 amide bonds. The minimum atomic E-state index is -0.280. The molecule has 0 saturated carbocycles. The third-order valence-electron chi connectivity index (χ3n) is 3.27. The zero-order chi connectivity index (χ0) is 16.8. The zero-order valence-corrected chi connectivity index (χ0v) is 12.7. The molecule has 0 unspecified atom stereocenters. The van der Waals surface area contributed by atoms with Crippen LogP contribution in [-0.2, 0) is 4.79 Å². The summed E-state index contributed by atoms with van der Waals surface area (Å²) in [4.78, 5) is 11.8. The van der Waals surface area contributed by atoms with Crippen LogP contribution >= 0.6 is 0 Å². The molecule has 0 fully saturated rings. The molecule has 3 rings (SSSR count). The largest absolute Gasteiger partial charge is 0.454 e. The summed E-state index contributed by atoms with van der Waals surface area (Å²) < 4.78 is 10.5. The number of benzene rings is 2. The van der Waals surface area contributed by atoms with Crippen LogP contribution in [0.15, 0.2) is 47.6 Å². The van der Waals surface area contributed by atoms with Gasteiger partial charge in [0.2, 0.25) is 6.79 Å². The Labute approximate surface area is 138 Å². The summed E-state index contributed by atoms with van der Waals surface area (Å²) in [5.41, 5.74) is 4.55. The van der Waals surface area contributed by atoms with Crippen molar-refractivity contribution in [2.24, 2.45) is 5.10 Å². The Bertz CT molecular complexity index is 810. The molecule has 0 atom stereocenters. The predicted octanol–water partition coefficient (Wildman–Crippen LogP) is 1.85. The van der Waals surface area contributed by atoms with Crippen molar-refractivity contribution in [2.45, 2.75) is 0 Å². The summed E-state index contributed by atoms with van der Waals surface area (Å²) in [5, 5.41) is 15.6. The molecule has 0 spiro atoms. The van der Waals surface area contributed by atoms with E-state index in [1.165, 1.54) is 6.21 Å². The molecular weight excluding hydrogens is 308 g/mol. The minimum Gasteiger partial charge on any atom is -0.454 e. The van der Waals surface area contributed by atoms with Gasteiger partial charge in [0, 0.05) is 11.8 Å². The van der Waals surface area contributed by atoms with Crippen LogP contribution in [0.2, 0.25) is 0 Å². The molecule has 0 radical (unpaired) electrons. The molecule has 2 N–H and O–H groups in total. The highest BCUT2D eigenvalue weighted by Crippen LogP contribution is 2.34. The number of nitrogens with zero attached hydrogens (tertiary/aromatic N) is 2. The lowest BCUT2D eigenvalue weighted by molar-refractivity contribution is -0.119. The third-order valence-corrected chi connectivity index (χ3v) is 3.27. The van der Waals surface area contributed by atoms with Crippen LogP contribution in [-0.4, -0.2) is 25.5 Å². The molecule has 0 aromatic heterocycles. The standard InChI is InChI=1S/C17H14N4O3/c18-8-12-1-3-13(4-2-12)9-20-21-17(22)10-19-14-5-6-15-16(7-14)24-11-23-15/h1-7,9,19H,10-11H2,(H,21,22)/b20-9-. The van der Waals surface area contributed by atoms with Gasteiger partial charge in [0.25, 0.3) is 5.91 Å². The van der Waals surface area contributed by atoms with Gasteiger partial charge in [0.1, 0.15) is 0 Å². The molecule has 7 heteroatoms.